The van der Waals surface area contributed by atoms with Gasteiger partial charge in [0.1, 0.15) is 5.82 Å². The number of benzene rings is 1. The predicted octanol–water partition coefficient (Wildman–Crippen LogP) is 2.72. The lowest BCUT2D eigenvalue weighted by atomic mass is 10.2. The number of thiophene rings is 1. The van der Waals surface area contributed by atoms with E-state index in [4.69, 9.17) is 0 Å². The molecule has 2 aromatic rings. The molecule has 0 saturated carbocycles. The van der Waals surface area contributed by atoms with Gasteiger partial charge in [0, 0.05) is 11.4 Å². The second kappa shape index (κ2) is 5.81. The number of aryl methyl sites for hydroxylation is 1. The SMILES string of the molecule is Cc1cc(F)ccc1S(=O)(=O)NCCc1cccs1. The third-order valence-electron chi connectivity index (χ3n) is 2.67. The normalized spacial score (nSPS) is 11.7. The van der Waals surface area contributed by atoms with E-state index in [1.165, 1.54) is 12.1 Å². The van der Waals surface area contributed by atoms with Gasteiger partial charge in [-0.3, -0.25) is 0 Å². The fourth-order valence-corrected chi connectivity index (χ4v) is 3.72. The molecule has 1 aromatic carbocycles. The number of sulfonamides is 1. The van der Waals surface area contributed by atoms with Gasteiger partial charge in [0.2, 0.25) is 10.0 Å². The summed E-state index contributed by atoms with van der Waals surface area (Å²) in [5.74, 6) is -0.435. The van der Waals surface area contributed by atoms with Crippen LogP contribution in [0.15, 0.2) is 40.6 Å². The first kappa shape index (κ1) is 14.2. The highest BCUT2D eigenvalue weighted by atomic mass is 32.2. The molecule has 6 heteroatoms. The Balaban J connectivity index is 2.05. The van der Waals surface area contributed by atoms with Crippen LogP contribution in [0.2, 0.25) is 0 Å². The van der Waals surface area contributed by atoms with Gasteiger partial charge in [-0.2, -0.15) is 0 Å². The van der Waals surface area contributed by atoms with Crippen molar-refractivity contribution in [3.63, 3.8) is 0 Å². The minimum Gasteiger partial charge on any atom is -0.211 e. The first-order valence-electron chi connectivity index (χ1n) is 5.77. The van der Waals surface area contributed by atoms with E-state index in [-0.39, 0.29) is 4.90 Å². The number of hydrogen-bond acceptors (Lipinski definition) is 3. The van der Waals surface area contributed by atoms with E-state index in [9.17, 15) is 12.8 Å². The Morgan fingerprint density at radius 1 is 1.32 bits per heavy atom. The molecule has 0 aliphatic rings. The molecule has 0 spiro atoms. The Morgan fingerprint density at radius 2 is 2.11 bits per heavy atom. The summed E-state index contributed by atoms with van der Waals surface area (Å²) in [4.78, 5) is 1.25. The van der Waals surface area contributed by atoms with Crippen molar-refractivity contribution in [2.24, 2.45) is 0 Å². The lowest BCUT2D eigenvalue weighted by molar-refractivity contribution is 0.580. The lowest BCUT2D eigenvalue weighted by Gasteiger charge is -2.08. The minimum atomic E-state index is -3.57. The summed E-state index contributed by atoms with van der Waals surface area (Å²) < 4.78 is 39.6. The lowest BCUT2D eigenvalue weighted by Crippen LogP contribution is -2.26. The molecule has 1 heterocycles. The van der Waals surface area contributed by atoms with E-state index in [0.29, 0.717) is 18.5 Å². The monoisotopic (exact) mass is 299 g/mol. The number of nitrogens with one attached hydrogen (secondary N) is 1. The Hall–Kier alpha value is -1.24. The van der Waals surface area contributed by atoms with Gasteiger partial charge in [-0.1, -0.05) is 6.07 Å². The van der Waals surface area contributed by atoms with Gasteiger partial charge in [-0.25, -0.2) is 17.5 Å². The molecule has 0 unspecified atom stereocenters. The Labute approximate surface area is 116 Å². The second-order valence-corrected chi connectivity index (χ2v) is 6.90. The average molecular weight is 299 g/mol. The molecule has 0 amide bonds. The molecule has 0 fully saturated rings. The summed E-state index contributed by atoms with van der Waals surface area (Å²) in [6.07, 6.45) is 0.650. The summed E-state index contributed by atoms with van der Waals surface area (Å²) >= 11 is 1.59. The number of halogens is 1. The average Bonchev–Trinajstić information content (AvgIpc) is 2.81. The maximum absolute atomic E-state index is 13.0. The standard InChI is InChI=1S/C13H14FNO2S2/c1-10-9-11(14)4-5-13(10)19(16,17)15-7-6-12-3-2-8-18-12/h2-5,8-9,15H,6-7H2,1H3. The number of hydrogen-bond donors (Lipinski definition) is 1. The zero-order valence-electron chi connectivity index (χ0n) is 10.4. The van der Waals surface area contributed by atoms with Crippen LogP contribution in [-0.4, -0.2) is 15.0 Å². The van der Waals surface area contributed by atoms with Crippen molar-refractivity contribution < 1.29 is 12.8 Å². The van der Waals surface area contributed by atoms with Crippen molar-refractivity contribution in [3.05, 3.63) is 52.0 Å². The molecule has 19 heavy (non-hydrogen) atoms. The van der Waals surface area contributed by atoms with Gasteiger partial charge >= 0.3 is 0 Å². The van der Waals surface area contributed by atoms with Crippen LogP contribution in [0.4, 0.5) is 4.39 Å². The molecular formula is C13H14FNO2S2. The zero-order chi connectivity index (χ0) is 13.9. The molecule has 2 rings (SSSR count). The van der Waals surface area contributed by atoms with Crippen molar-refractivity contribution in [2.75, 3.05) is 6.54 Å². The van der Waals surface area contributed by atoms with Crippen molar-refractivity contribution >= 4 is 21.4 Å². The smallest absolute Gasteiger partial charge is 0.211 e. The van der Waals surface area contributed by atoms with Gasteiger partial charge < -0.3 is 0 Å². The molecule has 0 aliphatic carbocycles. The first-order chi connectivity index (χ1) is 8.99. The van der Waals surface area contributed by atoms with Gasteiger partial charge in [-0.05, 0) is 48.6 Å². The molecule has 1 aromatic heterocycles. The van der Waals surface area contributed by atoms with E-state index >= 15 is 0 Å². The first-order valence-corrected chi connectivity index (χ1v) is 8.13. The molecule has 3 nitrogen and oxygen atoms in total. The molecule has 0 bridgehead atoms. The van der Waals surface area contributed by atoms with Gasteiger partial charge in [-0.15, -0.1) is 11.3 Å². The fourth-order valence-electron chi connectivity index (χ4n) is 1.76. The Morgan fingerprint density at radius 3 is 2.74 bits per heavy atom. The largest absolute Gasteiger partial charge is 0.240 e. The van der Waals surface area contributed by atoms with Gasteiger partial charge in [0.15, 0.2) is 0 Å². The van der Waals surface area contributed by atoms with E-state index < -0.39 is 15.8 Å². The van der Waals surface area contributed by atoms with Crippen LogP contribution in [0.5, 0.6) is 0 Å². The summed E-state index contributed by atoms with van der Waals surface area (Å²) in [5, 5.41) is 1.95. The van der Waals surface area contributed by atoms with E-state index in [1.807, 2.05) is 17.5 Å². The van der Waals surface area contributed by atoms with Crippen molar-refractivity contribution in [3.8, 4) is 0 Å². The van der Waals surface area contributed by atoms with Gasteiger partial charge in [0.05, 0.1) is 4.90 Å². The molecule has 0 saturated heterocycles. The Bertz CT molecular complexity index is 651. The highest BCUT2D eigenvalue weighted by molar-refractivity contribution is 7.89. The molecule has 0 atom stereocenters. The quantitative estimate of drug-likeness (QED) is 0.922. The molecule has 1 N–H and O–H groups in total. The van der Waals surface area contributed by atoms with Crippen LogP contribution in [0.3, 0.4) is 0 Å². The fraction of sp³-hybridized carbons (Fsp3) is 0.231. The summed E-state index contributed by atoms with van der Waals surface area (Å²) in [6, 6.07) is 7.55. The van der Waals surface area contributed by atoms with E-state index in [2.05, 4.69) is 4.72 Å². The second-order valence-electron chi connectivity index (χ2n) is 4.14. The third kappa shape index (κ3) is 3.62. The van der Waals surface area contributed by atoms with Crippen molar-refractivity contribution in [1.29, 1.82) is 0 Å². The van der Waals surface area contributed by atoms with Crippen LogP contribution in [0.25, 0.3) is 0 Å². The predicted molar refractivity (Wildman–Crippen MR) is 74.3 cm³/mol. The van der Waals surface area contributed by atoms with E-state index in [1.54, 1.807) is 18.3 Å². The van der Waals surface area contributed by atoms with Gasteiger partial charge in [0.25, 0.3) is 0 Å². The molecular weight excluding hydrogens is 285 g/mol. The molecule has 0 aliphatic heterocycles. The topological polar surface area (TPSA) is 46.2 Å². The number of rotatable bonds is 5. The summed E-state index contributed by atoms with van der Waals surface area (Å²) in [6.45, 7) is 1.91. The maximum Gasteiger partial charge on any atom is 0.240 e. The van der Waals surface area contributed by atoms with Crippen LogP contribution in [0.1, 0.15) is 10.4 Å². The van der Waals surface area contributed by atoms with Crippen LogP contribution in [0, 0.1) is 12.7 Å². The molecule has 0 radical (unpaired) electrons. The minimum absolute atomic E-state index is 0.125. The van der Waals surface area contributed by atoms with Crippen molar-refractivity contribution in [1.82, 2.24) is 4.72 Å². The van der Waals surface area contributed by atoms with Crippen LogP contribution >= 0.6 is 11.3 Å². The Kier molecular flexibility index (Phi) is 4.34. The zero-order valence-corrected chi connectivity index (χ0v) is 12.0. The van der Waals surface area contributed by atoms with Crippen LogP contribution in [-0.2, 0) is 16.4 Å². The highest BCUT2D eigenvalue weighted by Gasteiger charge is 2.16. The molecule has 102 valence electrons. The van der Waals surface area contributed by atoms with Crippen LogP contribution < -0.4 is 4.72 Å². The third-order valence-corrected chi connectivity index (χ3v) is 5.23. The summed E-state index contributed by atoms with van der Waals surface area (Å²) in [5.41, 5.74) is 0.406. The van der Waals surface area contributed by atoms with Crippen molar-refractivity contribution in [2.45, 2.75) is 18.2 Å². The van der Waals surface area contributed by atoms with E-state index in [0.717, 1.165) is 10.9 Å². The summed E-state index contributed by atoms with van der Waals surface area (Å²) in [7, 11) is -3.57. The maximum atomic E-state index is 13.0. The highest BCUT2D eigenvalue weighted by Crippen LogP contribution is 2.16.